The van der Waals surface area contributed by atoms with Crippen LogP contribution in [0.1, 0.15) is 11.1 Å². The molecule has 1 heterocycles. The van der Waals surface area contributed by atoms with E-state index in [0.29, 0.717) is 13.2 Å². The number of halogens is 1. The van der Waals surface area contributed by atoms with Crippen molar-refractivity contribution in [3.8, 4) is 5.75 Å². The molecule has 1 unspecified atom stereocenters. The third-order valence-electron chi connectivity index (χ3n) is 3.97. The number of carbonyl (C=O) groups is 1. The summed E-state index contributed by atoms with van der Waals surface area (Å²) in [5, 5.41) is 0. The van der Waals surface area contributed by atoms with E-state index in [4.69, 9.17) is 9.47 Å². The lowest BCUT2D eigenvalue weighted by Crippen LogP contribution is -2.34. The molecule has 2 aromatic rings. The lowest BCUT2D eigenvalue weighted by atomic mass is 10.1. The topological polar surface area (TPSA) is 38.8 Å². The predicted octanol–water partition coefficient (Wildman–Crippen LogP) is 4.02. The van der Waals surface area contributed by atoms with Crippen LogP contribution in [0.15, 0.2) is 53.0 Å². The van der Waals surface area contributed by atoms with Gasteiger partial charge in [-0.05, 0) is 41.8 Å². The van der Waals surface area contributed by atoms with Crippen molar-refractivity contribution in [1.29, 1.82) is 0 Å². The Labute approximate surface area is 144 Å². The maximum absolute atomic E-state index is 12.0. The molecule has 5 heteroatoms. The van der Waals surface area contributed by atoms with Gasteiger partial charge in [-0.1, -0.05) is 40.2 Å². The minimum Gasteiger partial charge on any atom is -0.497 e. The molecule has 0 N–H and O–H groups in total. The van der Waals surface area contributed by atoms with Crippen molar-refractivity contribution in [2.45, 2.75) is 19.0 Å². The Kier molecular flexibility index (Phi) is 4.86. The molecule has 120 valence electrons. The minimum absolute atomic E-state index is 0.0551. The third-order valence-corrected chi connectivity index (χ3v) is 4.50. The van der Waals surface area contributed by atoms with Gasteiger partial charge in [0.1, 0.15) is 12.4 Å². The fourth-order valence-corrected chi connectivity index (χ4v) is 2.94. The van der Waals surface area contributed by atoms with Crippen LogP contribution in [0.4, 0.5) is 4.79 Å². The summed E-state index contributed by atoms with van der Waals surface area (Å²) in [5.41, 5.74) is 2.25. The van der Waals surface area contributed by atoms with E-state index in [0.717, 1.165) is 27.8 Å². The van der Waals surface area contributed by atoms with Gasteiger partial charge in [0.25, 0.3) is 0 Å². The summed E-state index contributed by atoms with van der Waals surface area (Å²) >= 11 is 3.42. The Morgan fingerprint density at radius 1 is 1.13 bits per heavy atom. The number of hydrogen-bond acceptors (Lipinski definition) is 3. The second kappa shape index (κ2) is 7.04. The summed E-state index contributed by atoms with van der Waals surface area (Å²) in [6.07, 6.45) is 0.526. The molecule has 3 rings (SSSR count). The lowest BCUT2D eigenvalue weighted by Gasteiger charge is -2.21. The van der Waals surface area contributed by atoms with Gasteiger partial charge in [0.2, 0.25) is 0 Å². The standard InChI is InChI=1S/C18H18BrNO3/c1-22-17-8-4-13(5-9-17)10-16-12-23-18(21)20(16)11-14-2-6-15(19)7-3-14/h2-9,16H,10-12H2,1H3. The lowest BCUT2D eigenvalue weighted by molar-refractivity contribution is 0.156. The van der Waals surface area contributed by atoms with Crippen molar-refractivity contribution in [2.24, 2.45) is 0 Å². The molecule has 23 heavy (non-hydrogen) atoms. The number of hydrogen-bond donors (Lipinski definition) is 0. The quantitative estimate of drug-likeness (QED) is 0.791. The Balaban J connectivity index is 1.69. The van der Waals surface area contributed by atoms with Crippen LogP contribution in [0, 0.1) is 0 Å². The largest absolute Gasteiger partial charge is 0.497 e. The van der Waals surface area contributed by atoms with E-state index in [2.05, 4.69) is 15.9 Å². The first kappa shape index (κ1) is 15.9. The minimum atomic E-state index is -0.244. The Bertz CT molecular complexity index is 670. The summed E-state index contributed by atoms with van der Waals surface area (Å²) in [5.74, 6) is 0.833. The average Bonchev–Trinajstić information content (AvgIpc) is 2.91. The van der Waals surface area contributed by atoms with Crippen LogP contribution in [-0.4, -0.2) is 30.8 Å². The van der Waals surface area contributed by atoms with Gasteiger partial charge in [-0.3, -0.25) is 4.90 Å². The normalized spacial score (nSPS) is 17.2. The highest BCUT2D eigenvalue weighted by Crippen LogP contribution is 2.22. The van der Waals surface area contributed by atoms with E-state index >= 15 is 0 Å². The van der Waals surface area contributed by atoms with Crippen LogP contribution in [0.25, 0.3) is 0 Å². The molecule has 1 amide bonds. The molecule has 0 bridgehead atoms. The van der Waals surface area contributed by atoms with E-state index in [1.165, 1.54) is 0 Å². The number of carbonyl (C=O) groups excluding carboxylic acids is 1. The van der Waals surface area contributed by atoms with Gasteiger partial charge >= 0.3 is 6.09 Å². The third kappa shape index (κ3) is 3.85. The molecular weight excluding hydrogens is 358 g/mol. The number of nitrogens with zero attached hydrogens (tertiary/aromatic N) is 1. The zero-order chi connectivity index (χ0) is 16.2. The van der Waals surface area contributed by atoms with Crippen molar-refractivity contribution >= 4 is 22.0 Å². The van der Waals surface area contributed by atoms with Crippen LogP contribution in [0.5, 0.6) is 5.75 Å². The molecule has 1 aliphatic heterocycles. The zero-order valence-electron chi connectivity index (χ0n) is 12.9. The van der Waals surface area contributed by atoms with Crippen LogP contribution in [0.2, 0.25) is 0 Å². The summed E-state index contributed by atoms with van der Waals surface area (Å²) in [6.45, 7) is 0.994. The molecule has 2 aromatic carbocycles. The molecule has 0 saturated carbocycles. The van der Waals surface area contributed by atoms with E-state index in [9.17, 15) is 4.79 Å². The first-order chi connectivity index (χ1) is 11.2. The van der Waals surface area contributed by atoms with Crippen LogP contribution in [0.3, 0.4) is 0 Å². The molecule has 0 aliphatic carbocycles. The van der Waals surface area contributed by atoms with E-state index in [1.807, 2.05) is 48.5 Å². The zero-order valence-corrected chi connectivity index (χ0v) is 14.5. The molecule has 0 spiro atoms. The smallest absolute Gasteiger partial charge is 0.410 e. The first-order valence-corrected chi connectivity index (χ1v) is 8.26. The fourth-order valence-electron chi connectivity index (χ4n) is 2.67. The summed E-state index contributed by atoms with van der Waals surface area (Å²) in [4.78, 5) is 13.8. The molecular formula is C18H18BrNO3. The molecule has 1 fully saturated rings. The van der Waals surface area contributed by atoms with E-state index in [1.54, 1.807) is 12.0 Å². The highest BCUT2D eigenvalue weighted by atomic mass is 79.9. The number of rotatable bonds is 5. The van der Waals surface area contributed by atoms with Crippen LogP contribution >= 0.6 is 15.9 Å². The molecule has 0 aromatic heterocycles. The van der Waals surface area contributed by atoms with Crippen LogP contribution < -0.4 is 4.74 Å². The summed E-state index contributed by atoms with van der Waals surface area (Å²) < 4.78 is 11.4. The SMILES string of the molecule is COc1ccc(CC2COC(=O)N2Cc2ccc(Br)cc2)cc1. The number of ether oxygens (including phenoxy) is 2. The molecule has 1 saturated heterocycles. The predicted molar refractivity (Wildman–Crippen MR) is 91.5 cm³/mol. The summed E-state index contributed by atoms with van der Waals surface area (Å²) in [7, 11) is 1.65. The van der Waals surface area contributed by atoms with Crippen molar-refractivity contribution in [2.75, 3.05) is 13.7 Å². The fraction of sp³-hybridized carbons (Fsp3) is 0.278. The van der Waals surface area contributed by atoms with Gasteiger partial charge in [-0.2, -0.15) is 0 Å². The van der Waals surface area contributed by atoms with Crippen LogP contribution in [-0.2, 0) is 17.7 Å². The maximum Gasteiger partial charge on any atom is 0.410 e. The van der Waals surface area contributed by atoms with E-state index < -0.39 is 0 Å². The molecule has 1 aliphatic rings. The number of amides is 1. The van der Waals surface area contributed by atoms with Gasteiger partial charge in [-0.25, -0.2) is 4.79 Å². The molecule has 4 nitrogen and oxygen atoms in total. The van der Waals surface area contributed by atoms with Crippen molar-refractivity contribution < 1.29 is 14.3 Å². The van der Waals surface area contributed by atoms with Crippen molar-refractivity contribution in [3.63, 3.8) is 0 Å². The highest BCUT2D eigenvalue weighted by Gasteiger charge is 2.32. The van der Waals surface area contributed by atoms with Crippen molar-refractivity contribution in [1.82, 2.24) is 4.90 Å². The Morgan fingerprint density at radius 2 is 1.78 bits per heavy atom. The van der Waals surface area contributed by atoms with Gasteiger partial charge in [0.15, 0.2) is 0 Å². The van der Waals surface area contributed by atoms with E-state index in [-0.39, 0.29) is 12.1 Å². The number of benzene rings is 2. The second-order valence-corrected chi connectivity index (χ2v) is 6.45. The monoisotopic (exact) mass is 375 g/mol. The molecule has 1 atom stereocenters. The van der Waals surface area contributed by atoms with Gasteiger partial charge in [-0.15, -0.1) is 0 Å². The second-order valence-electron chi connectivity index (χ2n) is 5.54. The Hall–Kier alpha value is -2.01. The van der Waals surface area contributed by atoms with Gasteiger partial charge in [0, 0.05) is 11.0 Å². The highest BCUT2D eigenvalue weighted by molar-refractivity contribution is 9.10. The Morgan fingerprint density at radius 3 is 2.43 bits per heavy atom. The molecule has 0 radical (unpaired) electrons. The van der Waals surface area contributed by atoms with Gasteiger partial charge < -0.3 is 9.47 Å². The number of cyclic esters (lactones) is 1. The maximum atomic E-state index is 12.0. The summed E-state index contributed by atoms with van der Waals surface area (Å²) in [6, 6.07) is 16.0. The average molecular weight is 376 g/mol. The number of methoxy groups -OCH3 is 1. The van der Waals surface area contributed by atoms with Crippen molar-refractivity contribution in [3.05, 3.63) is 64.1 Å². The van der Waals surface area contributed by atoms with Gasteiger partial charge in [0.05, 0.1) is 13.2 Å². The first-order valence-electron chi connectivity index (χ1n) is 7.46.